The molecule has 1 aliphatic carbocycles. The topological polar surface area (TPSA) is 63.8 Å². The molecule has 1 fully saturated rings. The van der Waals surface area contributed by atoms with Gasteiger partial charge in [0, 0.05) is 17.5 Å². The highest BCUT2D eigenvalue weighted by molar-refractivity contribution is 7.99. The van der Waals surface area contributed by atoms with Crippen LogP contribution >= 0.6 is 24.0 Å². The zero-order valence-corrected chi connectivity index (χ0v) is 12.1. The van der Waals surface area contributed by atoms with Crippen LogP contribution < -0.4 is 11.1 Å². The number of rotatable bonds is 5. The summed E-state index contributed by atoms with van der Waals surface area (Å²) < 4.78 is 0. The fraction of sp³-hybridized carbons (Fsp3) is 0.583. The number of hydrogen-bond donors (Lipinski definition) is 2. The summed E-state index contributed by atoms with van der Waals surface area (Å²) in [7, 11) is 0. The molecular weight excluding hydrogens is 264 g/mol. The Morgan fingerprint density at radius 3 is 3.17 bits per heavy atom. The van der Waals surface area contributed by atoms with Gasteiger partial charge in [0.1, 0.15) is 10.7 Å². The summed E-state index contributed by atoms with van der Waals surface area (Å²) in [4.78, 5) is 8.84. The van der Waals surface area contributed by atoms with Crippen molar-refractivity contribution in [2.45, 2.75) is 37.5 Å². The lowest BCUT2D eigenvalue weighted by atomic mass is 10.2. The summed E-state index contributed by atoms with van der Waals surface area (Å²) in [5.41, 5.74) is 6.19. The molecule has 0 radical (unpaired) electrons. The molecule has 3 N–H and O–H groups in total. The van der Waals surface area contributed by atoms with Crippen LogP contribution in [0.3, 0.4) is 0 Å². The smallest absolute Gasteiger partial charge is 0.223 e. The number of nitrogens with one attached hydrogen (secondary N) is 1. The van der Waals surface area contributed by atoms with Crippen molar-refractivity contribution < 1.29 is 0 Å². The van der Waals surface area contributed by atoms with E-state index < -0.39 is 0 Å². The molecule has 1 heterocycles. The fourth-order valence-corrected chi connectivity index (χ4v) is 3.46. The second-order valence-electron chi connectivity index (χ2n) is 4.36. The summed E-state index contributed by atoms with van der Waals surface area (Å²) in [6.45, 7) is 2.21. The van der Waals surface area contributed by atoms with Crippen molar-refractivity contribution in [2.24, 2.45) is 5.73 Å². The molecule has 0 spiro atoms. The average Bonchev–Trinajstić information content (AvgIpc) is 2.77. The quantitative estimate of drug-likeness (QED) is 0.807. The second-order valence-corrected chi connectivity index (χ2v) is 6.38. The summed E-state index contributed by atoms with van der Waals surface area (Å²) in [5.74, 6) is 1.82. The Labute approximate surface area is 117 Å². The van der Waals surface area contributed by atoms with E-state index in [0.717, 1.165) is 5.25 Å². The van der Waals surface area contributed by atoms with E-state index in [1.807, 2.05) is 11.8 Å². The van der Waals surface area contributed by atoms with Crippen LogP contribution in [0.15, 0.2) is 12.3 Å². The summed E-state index contributed by atoms with van der Waals surface area (Å²) >= 11 is 6.95. The van der Waals surface area contributed by atoms with Gasteiger partial charge in [-0.3, -0.25) is 0 Å². The van der Waals surface area contributed by atoms with E-state index in [2.05, 4.69) is 22.2 Å². The fourth-order valence-electron chi connectivity index (χ4n) is 2.21. The first kappa shape index (κ1) is 13.5. The molecule has 4 nitrogen and oxygen atoms in total. The second kappa shape index (κ2) is 6.33. The summed E-state index contributed by atoms with van der Waals surface area (Å²) in [6.07, 6.45) is 5.32. The van der Waals surface area contributed by atoms with Crippen molar-refractivity contribution >= 4 is 34.9 Å². The van der Waals surface area contributed by atoms with Crippen LogP contribution in [0.2, 0.25) is 0 Å². The van der Waals surface area contributed by atoms with Crippen molar-refractivity contribution in [1.29, 1.82) is 0 Å². The van der Waals surface area contributed by atoms with Gasteiger partial charge in [0.15, 0.2) is 0 Å². The van der Waals surface area contributed by atoms with Crippen LogP contribution in [0.1, 0.15) is 31.9 Å². The molecule has 0 aliphatic heterocycles. The zero-order valence-electron chi connectivity index (χ0n) is 10.4. The minimum Gasteiger partial charge on any atom is -0.388 e. The Kier molecular flexibility index (Phi) is 4.77. The van der Waals surface area contributed by atoms with Gasteiger partial charge in [0.05, 0.1) is 0 Å². The van der Waals surface area contributed by atoms with Crippen molar-refractivity contribution in [3.05, 3.63) is 18.0 Å². The number of thioether (sulfide) groups is 1. The first-order valence-corrected chi connectivity index (χ1v) is 7.65. The SMILES string of the molecule is CCSC1CCC(Nc2nccc(C(N)=S)n2)C1. The maximum absolute atomic E-state index is 5.56. The first-order chi connectivity index (χ1) is 8.69. The lowest BCUT2D eigenvalue weighted by Crippen LogP contribution is -2.20. The normalized spacial score (nSPS) is 22.9. The van der Waals surface area contributed by atoms with Crippen molar-refractivity contribution in [3.8, 4) is 0 Å². The molecule has 2 rings (SSSR count). The Bertz CT molecular complexity index is 424. The lowest BCUT2D eigenvalue weighted by Gasteiger charge is -2.13. The summed E-state index contributed by atoms with van der Waals surface area (Å²) in [6, 6.07) is 2.20. The highest BCUT2D eigenvalue weighted by Crippen LogP contribution is 2.30. The molecule has 0 aromatic carbocycles. The van der Waals surface area contributed by atoms with E-state index in [1.165, 1.54) is 25.0 Å². The van der Waals surface area contributed by atoms with Gasteiger partial charge in [-0.1, -0.05) is 19.1 Å². The predicted octanol–water partition coefficient (Wildman–Crippen LogP) is 2.20. The largest absolute Gasteiger partial charge is 0.388 e. The highest BCUT2D eigenvalue weighted by atomic mass is 32.2. The standard InChI is InChI=1S/C12H18N4S2/c1-2-18-9-4-3-8(7-9)15-12-14-6-5-10(16-12)11(13)17/h5-6,8-9H,2-4,7H2,1H3,(H2,13,17)(H,14,15,16). The van der Waals surface area contributed by atoms with Gasteiger partial charge in [0.25, 0.3) is 0 Å². The van der Waals surface area contributed by atoms with Crippen LogP contribution in [-0.2, 0) is 0 Å². The van der Waals surface area contributed by atoms with Crippen LogP contribution in [0, 0.1) is 0 Å². The van der Waals surface area contributed by atoms with Gasteiger partial charge in [-0.15, -0.1) is 0 Å². The molecule has 0 bridgehead atoms. The third kappa shape index (κ3) is 3.55. The lowest BCUT2D eigenvalue weighted by molar-refractivity contribution is 0.745. The monoisotopic (exact) mass is 282 g/mol. The van der Waals surface area contributed by atoms with Gasteiger partial charge >= 0.3 is 0 Å². The first-order valence-electron chi connectivity index (χ1n) is 6.20. The van der Waals surface area contributed by atoms with E-state index in [0.29, 0.717) is 22.7 Å². The molecule has 1 saturated carbocycles. The molecule has 2 atom stereocenters. The number of nitrogens with zero attached hydrogens (tertiary/aromatic N) is 2. The molecular formula is C12H18N4S2. The van der Waals surface area contributed by atoms with E-state index in [-0.39, 0.29) is 0 Å². The molecule has 0 saturated heterocycles. The maximum Gasteiger partial charge on any atom is 0.223 e. The third-order valence-electron chi connectivity index (χ3n) is 3.03. The van der Waals surface area contributed by atoms with Crippen LogP contribution in [0.25, 0.3) is 0 Å². The van der Waals surface area contributed by atoms with E-state index >= 15 is 0 Å². The van der Waals surface area contributed by atoms with Crippen LogP contribution in [0.4, 0.5) is 5.95 Å². The molecule has 1 aromatic rings. The molecule has 98 valence electrons. The third-order valence-corrected chi connectivity index (χ3v) is 4.47. The van der Waals surface area contributed by atoms with Gasteiger partial charge in [0.2, 0.25) is 5.95 Å². The predicted molar refractivity (Wildman–Crippen MR) is 81.1 cm³/mol. The molecule has 0 amide bonds. The van der Waals surface area contributed by atoms with Gasteiger partial charge in [-0.25, -0.2) is 9.97 Å². The van der Waals surface area contributed by atoms with Crippen molar-refractivity contribution in [3.63, 3.8) is 0 Å². The van der Waals surface area contributed by atoms with Crippen LogP contribution in [-0.4, -0.2) is 32.0 Å². The number of aromatic nitrogens is 2. The average molecular weight is 282 g/mol. The van der Waals surface area contributed by atoms with Crippen LogP contribution in [0.5, 0.6) is 0 Å². The van der Waals surface area contributed by atoms with E-state index in [1.54, 1.807) is 12.3 Å². The minimum absolute atomic E-state index is 0.311. The molecule has 2 unspecified atom stereocenters. The molecule has 18 heavy (non-hydrogen) atoms. The summed E-state index contributed by atoms with van der Waals surface area (Å²) in [5, 5.41) is 4.14. The Balaban J connectivity index is 1.94. The Hall–Kier alpha value is -0.880. The van der Waals surface area contributed by atoms with Crippen molar-refractivity contribution in [2.75, 3.05) is 11.1 Å². The zero-order chi connectivity index (χ0) is 13.0. The number of anilines is 1. The number of hydrogen-bond acceptors (Lipinski definition) is 5. The van der Waals surface area contributed by atoms with Gasteiger partial charge in [-0.2, -0.15) is 11.8 Å². The molecule has 6 heteroatoms. The van der Waals surface area contributed by atoms with E-state index in [9.17, 15) is 0 Å². The number of nitrogens with two attached hydrogens (primary N) is 1. The van der Waals surface area contributed by atoms with E-state index in [4.69, 9.17) is 18.0 Å². The Morgan fingerprint density at radius 2 is 2.44 bits per heavy atom. The van der Waals surface area contributed by atoms with Gasteiger partial charge < -0.3 is 11.1 Å². The number of thiocarbonyl (C=S) groups is 1. The minimum atomic E-state index is 0.311. The maximum atomic E-state index is 5.56. The molecule has 1 aromatic heterocycles. The highest BCUT2D eigenvalue weighted by Gasteiger charge is 2.24. The van der Waals surface area contributed by atoms with Gasteiger partial charge in [-0.05, 0) is 31.1 Å². The molecule has 1 aliphatic rings. The Morgan fingerprint density at radius 1 is 1.61 bits per heavy atom. The van der Waals surface area contributed by atoms with Crippen molar-refractivity contribution in [1.82, 2.24) is 9.97 Å².